The highest BCUT2D eigenvalue weighted by molar-refractivity contribution is 6.33. The Morgan fingerprint density at radius 3 is 1.43 bits per heavy atom. The second-order valence-electron chi connectivity index (χ2n) is 14.3. The molecule has 3 heteroatoms. The second kappa shape index (κ2) is 11.1. The van der Waals surface area contributed by atoms with Crippen LogP contribution >= 0.6 is 0 Å². The second-order valence-corrected chi connectivity index (χ2v) is 14.3. The lowest BCUT2D eigenvalue weighted by molar-refractivity contribution is 1.17. The third-order valence-electron chi connectivity index (χ3n) is 11.4. The van der Waals surface area contributed by atoms with E-state index in [1.54, 1.807) is 0 Å². The van der Waals surface area contributed by atoms with E-state index in [-0.39, 0.29) is 0 Å². The monoisotopic (exact) mass is 685 g/mol. The summed E-state index contributed by atoms with van der Waals surface area (Å²) in [4.78, 5) is 5.47. The average Bonchev–Trinajstić information content (AvgIpc) is 3.74. The highest BCUT2D eigenvalue weighted by Gasteiger charge is 2.21. The van der Waals surface area contributed by atoms with E-state index in [4.69, 9.17) is 4.98 Å². The Hall–Kier alpha value is -7.23. The van der Waals surface area contributed by atoms with Gasteiger partial charge in [0.05, 0.1) is 33.3 Å². The van der Waals surface area contributed by atoms with E-state index in [1.807, 2.05) is 0 Å². The van der Waals surface area contributed by atoms with Crippen molar-refractivity contribution in [2.45, 2.75) is 0 Å². The summed E-state index contributed by atoms with van der Waals surface area (Å²) in [6.45, 7) is 0. The molecule has 12 aromatic rings. The van der Waals surface area contributed by atoms with Crippen LogP contribution < -0.4 is 0 Å². The predicted molar refractivity (Wildman–Crippen MR) is 228 cm³/mol. The van der Waals surface area contributed by atoms with Crippen LogP contribution in [-0.2, 0) is 0 Å². The Morgan fingerprint density at radius 1 is 0.296 bits per heavy atom. The molecule has 0 fully saturated rings. The maximum Gasteiger partial charge on any atom is 0.0795 e. The molecule has 0 unspecified atom stereocenters. The number of aromatic nitrogens is 3. The summed E-state index contributed by atoms with van der Waals surface area (Å²) in [6, 6.07) is 68.3. The van der Waals surface area contributed by atoms with Crippen molar-refractivity contribution in [1.29, 1.82) is 0 Å². The minimum Gasteiger partial charge on any atom is -0.309 e. The van der Waals surface area contributed by atoms with Crippen molar-refractivity contribution >= 4 is 86.8 Å². The number of nitrogens with zero attached hydrogens (tertiary/aromatic N) is 3. The van der Waals surface area contributed by atoms with Gasteiger partial charge in [0.25, 0.3) is 0 Å². The van der Waals surface area contributed by atoms with Crippen LogP contribution in [0.1, 0.15) is 0 Å². The van der Waals surface area contributed by atoms with Gasteiger partial charge in [0.2, 0.25) is 0 Å². The Kier molecular flexibility index (Phi) is 6.05. The van der Waals surface area contributed by atoms with E-state index in [0.29, 0.717) is 0 Å². The van der Waals surface area contributed by atoms with E-state index in [2.05, 4.69) is 197 Å². The topological polar surface area (TPSA) is 22.8 Å². The number of benzene rings is 9. The van der Waals surface area contributed by atoms with Crippen LogP contribution in [0.4, 0.5) is 0 Å². The first-order chi connectivity index (χ1) is 26.8. The number of para-hydroxylation sites is 4. The zero-order valence-electron chi connectivity index (χ0n) is 29.2. The molecule has 12 rings (SSSR count). The molecule has 9 aromatic carbocycles. The third-order valence-corrected chi connectivity index (χ3v) is 11.4. The molecule has 0 amide bonds. The number of fused-ring (bicyclic) bond motifs is 14. The SMILES string of the molecule is c1ccc(-n2c3ccccc3c3cc4c(cc32)c2ccccc2n4-c2cccc(-c3nc4ccccc4c4c5ccccc5c5ccccc5c34)c2)cc1. The number of hydrogen-bond acceptors (Lipinski definition) is 1. The van der Waals surface area contributed by atoms with Crippen LogP contribution in [0.2, 0.25) is 0 Å². The molecular weight excluding hydrogens is 655 g/mol. The quantitative estimate of drug-likeness (QED) is 0.170. The van der Waals surface area contributed by atoms with Crippen LogP contribution in [0.25, 0.3) is 109 Å². The lowest BCUT2D eigenvalue weighted by atomic mass is 9.90. The number of pyridine rings is 1. The molecule has 54 heavy (non-hydrogen) atoms. The summed E-state index contributed by atoms with van der Waals surface area (Å²) < 4.78 is 4.85. The number of rotatable bonds is 3. The fourth-order valence-corrected chi connectivity index (χ4v) is 9.19. The van der Waals surface area contributed by atoms with Gasteiger partial charge in [-0.25, -0.2) is 4.98 Å². The lowest BCUT2D eigenvalue weighted by Crippen LogP contribution is -1.96. The number of hydrogen-bond donors (Lipinski definition) is 0. The van der Waals surface area contributed by atoms with Gasteiger partial charge in [-0.1, -0.05) is 133 Å². The first kappa shape index (κ1) is 29.4. The first-order valence-electron chi connectivity index (χ1n) is 18.6. The zero-order chi connectivity index (χ0) is 35.3. The molecule has 3 heterocycles. The molecule has 0 bridgehead atoms. The minimum atomic E-state index is 1.000. The lowest BCUT2D eigenvalue weighted by Gasteiger charge is -2.17. The Labute approximate surface area is 310 Å². The van der Waals surface area contributed by atoms with Crippen molar-refractivity contribution in [3.8, 4) is 22.6 Å². The van der Waals surface area contributed by atoms with E-state index in [0.717, 1.165) is 28.1 Å². The molecule has 0 atom stereocenters. The van der Waals surface area contributed by atoms with Gasteiger partial charge in [0.15, 0.2) is 0 Å². The van der Waals surface area contributed by atoms with Gasteiger partial charge in [-0.15, -0.1) is 0 Å². The van der Waals surface area contributed by atoms with Gasteiger partial charge < -0.3 is 9.13 Å². The molecule has 0 aliphatic heterocycles. The van der Waals surface area contributed by atoms with Crippen molar-refractivity contribution in [3.05, 3.63) is 188 Å². The molecule has 0 radical (unpaired) electrons. The van der Waals surface area contributed by atoms with Crippen molar-refractivity contribution < 1.29 is 0 Å². The molecule has 0 N–H and O–H groups in total. The molecule has 3 nitrogen and oxygen atoms in total. The molecule has 0 aliphatic rings. The molecule has 0 aliphatic carbocycles. The highest BCUT2D eigenvalue weighted by atomic mass is 15.0. The Morgan fingerprint density at radius 2 is 0.778 bits per heavy atom. The van der Waals surface area contributed by atoms with E-state index in [1.165, 1.54) is 81.3 Å². The Bertz CT molecular complexity index is 3500. The van der Waals surface area contributed by atoms with Crippen LogP contribution in [0.5, 0.6) is 0 Å². The van der Waals surface area contributed by atoms with E-state index < -0.39 is 0 Å². The van der Waals surface area contributed by atoms with Crippen molar-refractivity contribution in [3.63, 3.8) is 0 Å². The first-order valence-corrected chi connectivity index (χ1v) is 18.6. The van der Waals surface area contributed by atoms with Crippen LogP contribution in [0.15, 0.2) is 188 Å². The summed E-state index contributed by atoms with van der Waals surface area (Å²) in [5.41, 5.74) is 10.1. The van der Waals surface area contributed by atoms with Gasteiger partial charge in [-0.2, -0.15) is 0 Å². The molecular formula is C51H31N3. The van der Waals surface area contributed by atoms with Crippen LogP contribution in [-0.4, -0.2) is 14.1 Å². The van der Waals surface area contributed by atoms with E-state index in [9.17, 15) is 0 Å². The third kappa shape index (κ3) is 4.04. The van der Waals surface area contributed by atoms with Crippen molar-refractivity contribution in [1.82, 2.24) is 14.1 Å². The fourth-order valence-electron chi connectivity index (χ4n) is 9.19. The smallest absolute Gasteiger partial charge is 0.0795 e. The maximum atomic E-state index is 5.47. The fraction of sp³-hybridized carbons (Fsp3) is 0. The maximum absolute atomic E-state index is 5.47. The average molecular weight is 686 g/mol. The summed E-state index contributed by atoms with van der Waals surface area (Å²) >= 11 is 0. The molecule has 0 saturated heterocycles. The highest BCUT2D eigenvalue weighted by Crippen LogP contribution is 2.44. The largest absolute Gasteiger partial charge is 0.309 e. The van der Waals surface area contributed by atoms with Gasteiger partial charge in [-0.3, -0.25) is 0 Å². The molecule has 0 saturated carbocycles. The Balaban J connectivity index is 1.18. The molecule has 250 valence electrons. The molecule has 3 aromatic heterocycles. The predicted octanol–water partition coefficient (Wildman–Crippen LogP) is 13.6. The zero-order valence-corrected chi connectivity index (χ0v) is 29.2. The van der Waals surface area contributed by atoms with Gasteiger partial charge >= 0.3 is 0 Å². The summed E-state index contributed by atoms with van der Waals surface area (Å²) in [5, 5.41) is 13.6. The summed E-state index contributed by atoms with van der Waals surface area (Å²) in [5.74, 6) is 0. The van der Waals surface area contributed by atoms with Crippen LogP contribution in [0, 0.1) is 0 Å². The van der Waals surface area contributed by atoms with Crippen LogP contribution in [0.3, 0.4) is 0 Å². The minimum absolute atomic E-state index is 1.000. The normalized spacial score (nSPS) is 12.1. The van der Waals surface area contributed by atoms with Gasteiger partial charge in [0, 0.05) is 54.6 Å². The van der Waals surface area contributed by atoms with Gasteiger partial charge in [0.1, 0.15) is 0 Å². The summed E-state index contributed by atoms with van der Waals surface area (Å²) in [6.07, 6.45) is 0. The molecule has 0 spiro atoms. The van der Waals surface area contributed by atoms with E-state index >= 15 is 0 Å². The standard InChI is InChI=1S/C51H31N3/c1-2-16-33(17-3-1)53-45-27-12-9-21-37(45)42-31-48-43(30-47(42)53)38-22-10-13-28-46(38)54(48)34-18-14-15-32(29-34)51-50-40-24-7-5-20-36(40)35-19-4-6-23-39(35)49(50)41-25-8-11-26-44(41)52-51/h1-31H. The van der Waals surface area contributed by atoms with Crippen molar-refractivity contribution in [2.75, 3.05) is 0 Å². The van der Waals surface area contributed by atoms with Gasteiger partial charge in [-0.05, 0) is 76.1 Å². The van der Waals surface area contributed by atoms with Crippen molar-refractivity contribution in [2.24, 2.45) is 0 Å². The summed E-state index contributed by atoms with van der Waals surface area (Å²) in [7, 11) is 0.